The first-order chi connectivity index (χ1) is 9.17. The summed E-state index contributed by atoms with van der Waals surface area (Å²) in [6, 6.07) is 3.50. The summed E-state index contributed by atoms with van der Waals surface area (Å²) in [5, 5.41) is 3.26. The SMILES string of the molecule is CC1(C)CCC(NCc2ccc(F)c(C(F)(F)F)c2)C1. The molecule has 112 valence electrons. The predicted molar refractivity (Wildman–Crippen MR) is 69.7 cm³/mol. The van der Waals surface area contributed by atoms with Crippen molar-refractivity contribution < 1.29 is 17.6 Å². The molecule has 1 saturated carbocycles. The predicted octanol–water partition coefficient (Wildman–Crippen LogP) is 4.51. The molecule has 1 fully saturated rings. The zero-order chi connectivity index (χ0) is 15.0. The van der Waals surface area contributed by atoms with Crippen LogP contribution in [0.3, 0.4) is 0 Å². The molecule has 1 unspecified atom stereocenters. The maximum atomic E-state index is 13.2. The van der Waals surface area contributed by atoms with E-state index in [-0.39, 0.29) is 5.41 Å². The van der Waals surface area contributed by atoms with E-state index in [2.05, 4.69) is 19.2 Å². The first-order valence-electron chi connectivity index (χ1n) is 6.76. The van der Waals surface area contributed by atoms with E-state index in [1.165, 1.54) is 6.07 Å². The van der Waals surface area contributed by atoms with Crippen LogP contribution >= 0.6 is 0 Å². The van der Waals surface area contributed by atoms with Gasteiger partial charge in [-0.25, -0.2) is 4.39 Å². The standard InChI is InChI=1S/C15H19F4N/c1-14(2)6-5-11(8-14)20-9-10-3-4-13(16)12(7-10)15(17,18)19/h3-4,7,11,20H,5-6,8-9H2,1-2H3. The largest absolute Gasteiger partial charge is 0.419 e. The fourth-order valence-electron chi connectivity index (χ4n) is 2.77. The van der Waals surface area contributed by atoms with Gasteiger partial charge in [-0.15, -0.1) is 0 Å². The van der Waals surface area contributed by atoms with Crippen LogP contribution in [0.1, 0.15) is 44.2 Å². The summed E-state index contributed by atoms with van der Waals surface area (Å²) >= 11 is 0. The number of benzene rings is 1. The molecule has 1 atom stereocenters. The van der Waals surface area contributed by atoms with Gasteiger partial charge >= 0.3 is 6.18 Å². The summed E-state index contributed by atoms with van der Waals surface area (Å²) in [4.78, 5) is 0. The number of hydrogen-bond acceptors (Lipinski definition) is 1. The molecular formula is C15H19F4N. The highest BCUT2D eigenvalue weighted by Crippen LogP contribution is 2.37. The van der Waals surface area contributed by atoms with Crippen molar-refractivity contribution >= 4 is 0 Å². The number of nitrogens with one attached hydrogen (secondary N) is 1. The van der Waals surface area contributed by atoms with Crippen LogP contribution in [0, 0.1) is 11.2 Å². The van der Waals surface area contributed by atoms with Crippen LogP contribution in [0.4, 0.5) is 17.6 Å². The molecule has 1 aromatic rings. The molecule has 1 aromatic carbocycles. The van der Waals surface area contributed by atoms with Crippen molar-refractivity contribution in [1.29, 1.82) is 0 Å². The van der Waals surface area contributed by atoms with Crippen LogP contribution in [0.15, 0.2) is 18.2 Å². The second kappa shape index (κ2) is 5.35. The minimum absolute atomic E-state index is 0.289. The first kappa shape index (κ1) is 15.3. The molecule has 1 aliphatic carbocycles. The maximum Gasteiger partial charge on any atom is 0.419 e. The van der Waals surface area contributed by atoms with Crippen LogP contribution in [-0.2, 0) is 12.7 Å². The third-order valence-corrected chi connectivity index (χ3v) is 3.90. The van der Waals surface area contributed by atoms with E-state index < -0.39 is 17.6 Å². The highest BCUT2D eigenvalue weighted by molar-refractivity contribution is 5.27. The normalized spacial score (nSPS) is 22.2. The Morgan fingerprint density at radius 3 is 2.55 bits per heavy atom. The van der Waals surface area contributed by atoms with Crippen molar-refractivity contribution in [2.75, 3.05) is 0 Å². The van der Waals surface area contributed by atoms with Gasteiger partial charge < -0.3 is 5.32 Å². The Hall–Kier alpha value is -1.10. The van der Waals surface area contributed by atoms with E-state index in [4.69, 9.17) is 0 Å². The van der Waals surface area contributed by atoms with E-state index in [1.807, 2.05) is 0 Å². The maximum absolute atomic E-state index is 13.2. The van der Waals surface area contributed by atoms with Gasteiger partial charge in [0.15, 0.2) is 0 Å². The quantitative estimate of drug-likeness (QED) is 0.807. The summed E-state index contributed by atoms with van der Waals surface area (Å²) in [5.41, 5.74) is -0.440. The third-order valence-electron chi connectivity index (χ3n) is 3.90. The second-order valence-electron chi connectivity index (χ2n) is 6.30. The molecule has 0 aromatic heterocycles. The van der Waals surface area contributed by atoms with Crippen molar-refractivity contribution in [2.24, 2.45) is 5.41 Å². The highest BCUT2D eigenvalue weighted by atomic mass is 19.4. The first-order valence-corrected chi connectivity index (χ1v) is 6.76. The second-order valence-corrected chi connectivity index (χ2v) is 6.30. The van der Waals surface area contributed by atoms with Gasteiger partial charge in [0.1, 0.15) is 5.82 Å². The average Bonchev–Trinajstić information content (AvgIpc) is 2.66. The van der Waals surface area contributed by atoms with E-state index in [1.54, 1.807) is 0 Å². The zero-order valence-electron chi connectivity index (χ0n) is 11.6. The van der Waals surface area contributed by atoms with Crippen molar-refractivity contribution in [3.63, 3.8) is 0 Å². The summed E-state index contributed by atoms with van der Waals surface area (Å²) in [5.74, 6) is -1.22. The number of hydrogen-bond donors (Lipinski definition) is 1. The molecule has 0 amide bonds. The lowest BCUT2D eigenvalue weighted by atomic mass is 9.92. The van der Waals surface area contributed by atoms with Crippen LogP contribution < -0.4 is 5.32 Å². The van der Waals surface area contributed by atoms with Gasteiger partial charge in [0.2, 0.25) is 0 Å². The lowest BCUT2D eigenvalue weighted by Crippen LogP contribution is -2.27. The van der Waals surface area contributed by atoms with Crippen molar-refractivity contribution in [3.05, 3.63) is 35.1 Å². The molecule has 5 heteroatoms. The van der Waals surface area contributed by atoms with Crippen LogP contribution in [0.5, 0.6) is 0 Å². The minimum Gasteiger partial charge on any atom is -0.310 e. The lowest BCUT2D eigenvalue weighted by molar-refractivity contribution is -0.140. The number of rotatable bonds is 3. The van der Waals surface area contributed by atoms with Gasteiger partial charge in [-0.2, -0.15) is 13.2 Å². The fraction of sp³-hybridized carbons (Fsp3) is 0.600. The lowest BCUT2D eigenvalue weighted by Gasteiger charge is -2.18. The molecule has 1 nitrogen and oxygen atoms in total. The minimum atomic E-state index is -4.64. The summed E-state index contributed by atoms with van der Waals surface area (Å²) in [6.07, 6.45) is -1.49. The van der Waals surface area contributed by atoms with Crippen LogP contribution in [-0.4, -0.2) is 6.04 Å². The Labute approximate surface area is 116 Å². The molecule has 1 N–H and O–H groups in total. The molecule has 0 radical (unpaired) electrons. The molecule has 2 rings (SSSR count). The van der Waals surface area contributed by atoms with Crippen molar-refractivity contribution in [2.45, 2.75) is 51.9 Å². The Morgan fingerprint density at radius 2 is 2.00 bits per heavy atom. The van der Waals surface area contributed by atoms with E-state index >= 15 is 0 Å². The van der Waals surface area contributed by atoms with Gasteiger partial charge in [0.05, 0.1) is 5.56 Å². The van der Waals surface area contributed by atoms with Gasteiger partial charge in [0.25, 0.3) is 0 Å². The molecule has 0 aliphatic heterocycles. The Kier molecular flexibility index (Phi) is 4.09. The molecule has 0 spiro atoms. The summed E-state index contributed by atoms with van der Waals surface area (Å²) < 4.78 is 51.0. The van der Waals surface area contributed by atoms with Gasteiger partial charge in [-0.3, -0.25) is 0 Å². The Balaban J connectivity index is 2.01. The van der Waals surface area contributed by atoms with Crippen molar-refractivity contribution in [3.8, 4) is 0 Å². The van der Waals surface area contributed by atoms with Gasteiger partial charge in [0, 0.05) is 12.6 Å². The molecule has 0 heterocycles. The number of halogens is 4. The van der Waals surface area contributed by atoms with Gasteiger partial charge in [-0.1, -0.05) is 19.9 Å². The van der Waals surface area contributed by atoms with Crippen molar-refractivity contribution in [1.82, 2.24) is 5.32 Å². The molecule has 0 saturated heterocycles. The Bertz CT molecular complexity index is 479. The average molecular weight is 289 g/mol. The molecule has 20 heavy (non-hydrogen) atoms. The van der Waals surface area contributed by atoms with Crippen LogP contribution in [0.25, 0.3) is 0 Å². The number of alkyl halides is 3. The third kappa shape index (κ3) is 3.72. The smallest absolute Gasteiger partial charge is 0.310 e. The van der Waals surface area contributed by atoms with E-state index in [0.29, 0.717) is 18.2 Å². The fourth-order valence-corrected chi connectivity index (χ4v) is 2.77. The summed E-state index contributed by atoms with van der Waals surface area (Å²) in [7, 11) is 0. The topological polar surface area (TPSA) is 12.0 Å². The zero-order valence-corrected chi connectivity index (χ0v) is 11.6. The molecule has 1 aliphatic rings. The van der Waals surface area contributed by atoms with E-state index in [0.717, 1.165) is 31.4 Å². The molecular weight excluding hydrogens is 270 g/mol. The summed E-state index contributed by atoms with van der Waals surface area (Å²) in [6.45, 7) is 4.72. The van der Waals surface area contributed by atoms with Gasteiger partial charge in [-0.05, 0) is 42.4 Å². The van der Waals surface area contributed by atoms with E-state index in [9.17, 15) is 17.6 Å². The molecule has 0 bridgehead atoms. The van der Waals surface area contributed by atoms with Crippen LogP contribution in [0.2, 0.25) is 0 Å². The Morgan fingerprint density at radius 1 is 1.30 bits per heavy atom. The highest BCUT2D eigenvalue weighted by Gasteiger charge is 2.34. The monoisotopic (exact) mass is 289 g/mol.